The zero-order valence-corrected chi connectivity index (χ0v) is 22.1. The van der Waals surface area contributed by atoms with Crippen molar-refractivity contribution in [1.82, 2.24) is 19.8 Å². The lowest BCUT2D eigenvalue weighted by Crippen LogP contribution is -2.31. The molecule has 4 rings (SSSR count). The smallest absolute Gasteiger partial charge is 0.350 e. The molecule has 0 radical (unpaired) electrons. The minimum absolute atomic E-state index is 0.0170. The van der Waals surface area contributed by atoms with Gasteiger partial charge in [-0.1, -0.05) is 36.4 Å². The molecule has 0 aliphatic carbocycles. The van der Waals surface area contributed by atoms with Gasteiger partial charge in [-0.15, -0.1) is 0 Å². The van der Waals surface area contributed by atoms with Crippen LogP contribution in [0, 0.1) is 0 Å². The fourth-order valence-electron chi connectivity index (χ4n) is 4.37. The normalized spacial score (nSPS) is 14.8. The van der Waals surface area contributed by atoms with Gasteiger partial charge in [0.1, 0.15) is 11.4 Å². The fourth-order valence-corrected chi connectivity index (χ4v) is 4.80. The summed E-state index contributed by atoms with van der Waals surface area (Å²) in [6, 6.07) is 10.2. The summed E-state index contributed by atoms with van der Waals surface area (Å²) in [5, 5.41) is 6.17. The molecule has 1 aromatic heterocycles. The lowest BCUT2D eigenvalue weighted by atomic mass is 10.1. The second-order valence-electron chi connectivity index (χ2n) is 9.42. The van der Waals surface area contributed by atoms with Crippen molar-refractivity contribution in [3.8, 4) is 0 Å². The lowest BCUT2D eigenvalue weighted by molar-refractivity contribution is -0.142. The number of alkyl halides is 6. The molecular weight excluding hydrogens is 564 g/mol. The average Bonchev–Trinajstić information content (AvgIpc) is 3.42. The van der Waals surface area contributed by atoms with Gasteiger partial charge in [0.05, 0.1) is 24.4 Å². The molecule has 0 saturated heterocycles. The molecule has 1 amide bonds. The number of rotatable bonds is 8. The van der Waals surface area contributed by atoms with E-state index < -0.39 is 51.1 Å². The number of nitrogens with zero attached hydrogens (tertiary/aromatic N) is 3. The first kappa shape index (κ1) is 29.4. The molecule has 40 heavy (non-hydrogen) atoms. The summed E-state index contributed by atoms with van der Waals surface area (Å²) >= 11 is 0. The fraction of sp³-hybridized carbons (Fsp3) is 0.360. The van der Waals surface area contributed by atoms with Gasteiger partial charge in [-0.3, -0.25) is 4.79 Å². The minimum Gasteiger partial charge on any atom is -0.350 e. The van der Waals surface area contributed by atoms with Crippen molar-refractivity contribution in [3.63, 3.8) is 0 Å². The van der Waals surface area contributed by atoms with Crippen LogP contribution in [0.1, 0.15) is 51.3 Å². The first-order chi connectivity index (χ1) is 18.5. The Hall–Kier alpha value is -3.59. The van der Waals surface area contributed by atoms with E-state index in [1.165, 1.54) is 17.0 Å². The Balaban J connectivity index is 1.58. The van der Waals surface area contributed by atoms with E-state index in [9.17, 15) is 39.6 Å². The quantitative estimate of drug-likeness (QED) is 0.378. The summed E-state index contributed by atoms with van der Waals surface area (Å²) < 4.78 is 107. The second kappa shape index (κ2) is 10.8. The number of hydrogen-bond donors (Lipinski definition) is 2. The van der Waals surface area contributed by atoms with Crippen molar-refractivity contribution in [2.24, 2.45) is 0 Å². The number of amides is 1. The van der Waals surface area contributed by atoms with Gasteiger partial charge in [-0.25, -0.2) is 17.8 Å². The number of fused-ring (bicyclic) bond motifs is 1. The highest BCUT2D eigenvalue weighted by Crippen LogP contribution is 2.39. The molecule has 216 valence electrons. The Morgan fingerprint density at radius 2 is 1.68 bits per heavy atom. The Kier molecular flexibility index (Phi) is 7.91. The highest BCUT2D eigenvalue weighted by Gasteiger charge is 2.44. The number of benzene rings is 2. The molecular formula is C25H25F6N5O3S. The zero-order valence-electron chi connectivity index (χ0n) is 21.3. The summed E-state index contributed by atoms with van der Waals surface area (Å²) in [6.45, 7) is 1.61. The van der Waals surface area contributed by atoms with Crippen molar-refractivity contribution in [1.29, 1.82) is 0 Å². The van der Waals surface area contributed by atoms with Gasteiger partial charge >= 0.3 is 12.4 Å². The predicted molar refractivity (Wildman–Crippen MR) is 134 cm³/mol. The largest absolute Gasteiger partial charge is 0.436 e. The average molecular weight is 590 g/mol. The van der Waals surface area contributed by atoms with Crippen LogP contribution in [0.4, 0.5) is 32.2 Å². The molecule has 1 aliphatic rings. The molecule has 15 heteroatoms. The lowest BCUT2D eigenvalue weighted by Gasteiger charge is -2.21. The van der Waals surface area contributed by atoms with Gasteiger partial charge in [0.2, 0.25) is 10.0 Å². The van der Waals surface area contributed by atoms with E-state index in [4.69, 9.17) is 0 Å². The minimum atomic E-state index is -4.95. The highest BCUT2D eigenvalue weighted by atomic mass is 32.2. The van der Waals surface area contributed by atoms with Crippen LogP contribution in [0.15, 0.2) is 48.5 Å². The van der Waals surface area contributed by atoms with Crippen LogP contribution >= 0.6 is 0 Å². The second-order valence-corrected chi connectivity index (χ2v) is 11.3. The third kappa shape index (κ3) is 6.75. The van der Waals surface area contributed by atoms with E-state index in [0.29, 0.717) is 11.1 Å². The maximum atomic E-state index is 13.9. The van der Waals surface area contributed by atoms with E-state index >= 15 is 0 Å². The van der Waals surface area contributed by atoms with E-state index in [1.807, 2.05) is 0 Å². The van der Waals surface area contributed by atoms with E-state index in [2.05, 4.69) is 15.1 Å². The molecule has 2 N–H and O–H groups in total. The van der Waals surface area contributed by atoms with Gasteiger partial charge < -0.3 is 10.2 Å². The molecule has 0 saturated carbocycles. The first-order valence-corrected chi connectivity index (χ1v) is 13.9. The number of hydrogen-bond acceptors (Lipinski definition) is 5. The van der Waals surface area contributed by atoms with E-state index in [0.717, 1.165) is 23.1 Å². The number of anilines is 1. The number of halogens is 6. The van der Waals surface area contributed by atoms with Crippen molar-refractivity contribution in [3.05, 3.63) is 82.0 Å². The van der Waals surface area contributed by atoms with Gasteiger partial charge in [-0.2, -0.15) is 31.4 Å². The van der Waals surface area contributed by atoms with Gasteiger partial charge in [-0.05, 0) is 35.7 Å². The maximum absolute atomic E-state index is 13.9. The standard InChI is InChI=1S/C25H25F6N5O3S/c1-15(18-8-6-16(7-9-18)13-32-40(2,38)39)33-22(37)20-21(25(29,30)31)34-36-11-10-35(23(20)36)14-17-4-3-5-19(12-17)24(26,27)28/h3-9,12,15,32H,10-11,13-14H2,1-2H3,(H,33,37)/t15-/m0/s1. The Labute approximate surface area is 226 Å². The monoisotopic (exact) mass is 589 g/mol. The number of sulfonamides is 1. The van der Waals surface area contributed by atoms with Crippen LogP contribution in [-0.2, 0) is 42.0 Å². The van der Waals surface area contributed by atoms with Crippen LogP contribution in [-0.4, -0.2) is 36.9 Å². The number of aromatic nitrogens is 2. The molecule has 2 heterocycles. The van der Waals surface area contributed by atoms with Gasteiger partial charge in [0.15, 0.2) is 5.69 Å². The molecule has 1 aliphatic heterocycles. The summed E-state index contributed by atoms with van der Waals surface area (Å²) in [5.74, 6) is -1.17. The van der Waals surface area contributed by atoms with Crippen LogP contribution < -0.4 is 14.9 Å². The van der Waals surface area contributed by atoms with Crippen molar-refractivity contribution in [2.75, 3.05) is 17.7 Å². The molecule has 0 bridgehead atoms. The molecule has 0 fully saturated rings. The summed E-state index contributed by atoms with van der Waals surface area (Å²) in [4.78, 5) is 14.7. The number of nitrogens with one attached hydrogen (secondary N) is 2. The van der Waals surface area contributed by atoms with E-state index in [1.54, 1.807) is 31.2 Å². The Morgan fingerprint density at radius 3 is 2.27 bits per heavy atom. The third-order valence-electron chi connectivity index (χ3n) is 6.30. The van der Waals surface area contributed by atoms with Crippen molar-refractivity contribution < 1.29 is 39.6 Å². The molecule has 0 spiro atoms. The first-order valence-electron chi connectivity index (χ1n) is 12.0. The summed E-state index contributed by atoms with van der Waals surface area (Å²) in [7, 11) is -3.41. The van der Waals surface area contributed by atoms with Gasteiger partial charge in [0, 0.05) is 19.6 Å². The SMILES string of the molecule is C[C@H](NC(=O)c1c(C(F)(F)F)nn2c1N(Cc1cccc(C(F)(F)F)c1)CC2)c1ccc(CNS(C)(=O)=O)cc1. The van der Waals surface area contributed by atoms with Crippen LogP contribution in [0.2, 0.25) is 0 Å². The Morgan fingerprint density at radius 1 is 1.00 bits per heavy atom. The summed E-state index contributed by atoms with van der Waals surface area (Å²) in [6.07, 6.45) is -8.53. The molecule has 2 aromatic carbocycles. The van der Waals surface area contributed by atoms with E-state index in [-0.39, 0.29) is 37.6 Å². The zero-order chi connectivity index (χ0) is 29.5. The van der Waals surface area contributed by atoms with Crippen LogP contribution in [0.25, 0.3) is 0 Å². The van der Waals surface area contributed by atoms with Gasteiger partial charge in [0.25, 0.3) is 5.91 Å². The highest BCUT2D eigenvalue weighted by molar-refractivity contribution is 7.88. The van der Waals surface area contributed by atoms with Crippen LogP contribution in [0.5, 0.6) is 0 Å². The molecule has 0 unspecified atom stereocenters. The topological polar surface area (TPSA) is 96.3 Å². The predicted octanol–water partition coefficient (Wildman–Crippen LogP) is 4.48. The third-order valence-corrected chi connectivity index (χ3v) is 6.96. The number of carbonyl (C=O) groups excluding carboxylic acids is 1. The van der Waals surface area contributed by atoms with Crippen LogP contribution in [0.3, 0.4) is 0 Å². The van der Waals surface area contributed by atoms with Crippen molar-refractivity contribution in [2.45, 2.75) is 45.0 Å². The Bertz CT molecular complexity index is 1500. The molecule has 1 atom stereocenters. The molecule has 8 nitrogen and oxygen atoms in total. The van der Waals surface area contributed by atoms with Crippen molar-refractivity contribution >= 4 is 21.7 Å². The molecule has 3 aromatic rings. The summed E-state index contributed by atoms with van der Waals surface area (Å²) in [5.41, 5.74) is -1.59. The number of carbonyl (C=O) groups is 1. The maximum Gasteiger partial charge on any atom is 0.436 e.